The Morgan fingerprint density at radius 2 is 1.89 bits per heavy atom. The number of aryl methyl sites for hydroxylation is 1. The Kier molecular flexibility index (Phi) is 8.38. The zero-order chi connectivity index (χ0) is 13.9. The van der Waals surface area contributed by atoms with Gasteiger partial charge in [0, 0.05) is 24.8 Å². The molecule has 5 heteroatoms. The van der Waals surface area contributed by atoms with Gasteiger partial charge in [0.25, 0.3) is 0 Å². The number of rotatable bonds is 10. The third-order valence-electron chi connectivity index (χ3n) is 2.77. The maximum atomic E-state index is 4.43. The van der Waals surface area contributed by atoms with Crippen molar-refractivity contribution in [3.05, 3.63) is 11.8 Å². The lowest BCUT2D eigenvalue weighted by atomic mass is 10.2. The number of nitrogens with zero attached hydrogens (tertiary/aromatic N) is 2. The number of unbranched alkanes of at least 4 members (excludes halogenated alkanes) is 3. The average Bonchev–Trinajstić information content (AvgIpc) is 2.37. The molecule has 0 fully saturated rings. The molecule has 108 valence electrons. The molecule has 0 spiro atoms. The smallest absolute Gasteiger partial charge is 0.224 e. The lowest BCUT2D eigenvalue weighted by Gasteiger charge is -2.09. The van der Waals surface area contributed by atoms with Crippen molar-refractivity contribution in [2.45, 2.75) is 39.5 Å². The van der Waals surface area contributed by atoms with E-state index in [0.29, 0.717) is 5.95 Å². The molecule has 1 rings (SSSR count). The van der Waals surface area contributed by atoms with Crippen molar-refractivity contribution < 1.29 is 0 Å². The van der Waals surface area contributed by atoms with E-state index in [0.717, 1.165) is 24.6 Å². The first-order chi connectivity index (χ1) is 9.26. The number of thioether (sulfide) groups is 1. The molecule has 0 aliphatic heterocycles. The number of hydrogen-bond acceptors (Lipinski definition) is 5. The Morgan fingerprint density at radius 3 is 2.63 bits per heavy atom. The molecular formula is C14H26N4S. The molecule has 1 heterocycles. The quantitative estimate of drug-likeness (QED) is 0.643. The van der Waals surface area contributed by atoms with Gasteiger partial charge < -0.3 is 10.6 Å². The maximum absolute atomic E-state index is 4.43. The van der Waals surface area contributed by atoms with Crippen LogP contribution in [0.4, 0.5) is 11.8 Å². The summed E-state index contributed by atoms with van der Waals surface area (Å²) < 4.78 is 0. The van der Waals surface area contributed by atoms with E-state index in [-0.39, 0.29) is 0 Å². The summed E-state index contributed by atoms with van der Waals surface area (Å²) in [5, 5.41) is 6.53. The van der Waals surface area contributed by atoms with Crippen LogP contribution in [0.3, 0.4) is 0 Å². The molecule has 0 unspecified atom stereocenters. The molecule has 0 saturated heterocycles. The van der Waals surface area contributed by atoms with Gasteiger partial charge in [0.1, 0.15) is 5.82 Å². The Labute approximate surface area is 121 Å². The maximum Gasteiger partial charge on any atom is 0.224 e. The Balaban J connectivity index is 2.25. The minimum Gasteiger partial charge on any atom is -0.370 e. The predicted octanol–water partition coefficient (Wildman–Crippen LogP) is 3.55. The van der Waals surface area contributed by atoms with Crippen LogP contribution in [0.5, 0.6) is 0 Å². The van der Waals surface area contributed by atoms with E-state index in [1.165, 1.54) is 31.4 Å². The van der Waals surface area contributed by atoms with Crippen LogP contribution in [0.1, 0.15) is 38.3 Å². The first-order valence-corrected chi connectivity index (χ1v) is 8.48. The first-order valence-electron chi connectivity index (χ1n) is 7.08. The zero-order valence-electron chi connectivity index (χ0n) is 12.3. The van der Waals surface area contributed by atoms with E-state index in [4.69, 9.17) is 0 Å². The second-order valence-corrected chi connectivity index (χ2v) is 5.57. The molecule has 0 radical (unpaired) electrons. The lowest BCUT2D eigenvalue weighted by molar-refractivity contribution is 0.688. The Morgan fingerprint density at radius 1 is 1.11 bits per heavy atom. The summed E-state index contributed by atoms with van der Waals surface area (Å²) in [6.07, 6.45) is 7.32. The standard InChI is InChI=1S/C14H26N4S/c1-4-15-14-17-12(2)11-13(18-14)16-9-7-5-6-8-10-19-3/h11H,4-10H2,1-3H3,(H2,15,16,17,18). The third kappa shape index (κ3) is 7.25. The van der Waals surface area contributed by atoms with Crippen molar-refractivity contribution in [3.63, 3.8) is 0 Å². The van der Waals surface area contributed by atoms with Crippen LogP contribution in [0, 0.1) is 6.92 Å². The van der Waals surface area contributed by atoms with Gasteiger partial charge in [0.15, 0.2) is 0 Å². The molecule has 0 aliphatic carbocycles. The van der Waals surface area contributed by atoms with Crippen molar-refractivity contribution in [1.29, 1.82) is 0 Å². The molecule has 2 N–H and O–H groups in total. The summed E-state index contributed by atoms with van der Waals surface area (Å²) in [4.78, 5) is 8.77. The van der Waals surface area contributed by atoms with Crippen molar-refractivity contribution >= 4 is 23.5 Å². The average molecular weight is 282 g/mol. The fourth-order valence-corrected chi connectivity index (χ4v) is 2.33. The van der Waals surface area contributed by atoms with E-state index in [1.807, 2.05) is 31.7 Å². The number of nitrogens with one attached hydrogen (secondary N) is 2. The third-order valence-corrected chi connectivity index (χ3v) is 3.47. The van der Waals surface area contributed by atoms with E-state index >= 15 is 0 Å². The van der Waals surface area contributed by atoms with E-state index < -0.39 is 0 Å². The van der Waals surface area contributed by atoms with Crippen LogP contribution in [-0.2, 0) is 0 Å². The van der Waals surface area contributed by atoms with Crippen molar-refractivity contribution in [2.24, 2.45) is 0 Å². The molecule has 0 saturated carbocycles. The van der Waals surface area contributed by atoms with Crippen LogP contribution in [-0.4, -0.2) is 35.1 Å². The fourth-order valence-electron chi connectivity index (χ4n) is 1.84. The summed E-state index contributed by atoms with van der Waals surface area (Å²) >= 11 is 1.93. The normalized spacial score (nSPS) is 10.5. The summed E-state index contributed by atoms with van der Waals surface area (Å²) in [5.41, 5.74) is 0.994. The number of hydrogen-bond donors (Lipinski definition) is 2. The van der Waals surface area contributed by atoms with Crippen LogP contribution < -0.4 is 10.6 Å². The molecule has 1 aromatic rings. The van der Waals surface area contributed by atoms with Gasteiger partial charge in [-0.1, -0.05) is 12.8 Å². The molecule has 0 bridgehead atoms. The van der Waals surface area contributed by atoms with Gasteiger partial charge in [0.2, 0.25) is 5.95 Å². The van der Waals surface area contributed by atoms with E-state index in [2.05, 4.69) is 26.9 Å². The van der Waals surface area contributed by atoms with E-state index in [9.17, 15) is 0 Å². The molecular weight excluding hydrogens is 256 g/mol. The Hall–Kier alpha value is -0.970. The van der Waals surface area contributed by atoms with Crippen LogP contribution in [0.2, 0.25) is 0 Å². The highest BCUT2D eigenvalue weighted by molar-refractivity contribution is 7.98. The van der Waals surface area contributed by atoms with Crippen molar-refractivity contribution in [2.75, 3.05) is 35.7 Å². The molecule has 0 aliphatic rings. The second kappa shape index (κ2) is 9.89. The largest absolute Gasteiger partial charge is 0.370 e. The molecule has 1 aromatic heterocycles. The van der Waals surface area contributed by atoms with Gasteiger partial charge >= 0.3 is 0 Å². The van der Waals surface area contributed by atoms with E-state index in [1.54, 1.807) is 0 Å². The first kappa shape index (κ1) is 16.1. The van der Waals surface area contributed by atoms with Crippen LogP contribution in [0.25, 0.3) is 0 Å². The zero-order valence-corrected chi connectivity index (χ0v) is 13.1. The predicted molar refractivity (Wildman–Crippen MR) is 86.3 cm³/mol. The summed E-state index contributed by atoms with van der Waals surface area (Å²) in [6, 6.07) is 1.99. The second-order valence-electron chi connectivity index (χ2n) is 4.58. The van der Waals surface area contributed by atoms with Gasteiger partial charge in [0.05, 0.1) is 0 Å². The van der Waals surface area contributed by atoms with Crippen molar-refractivity contribution in [1.82, 2.24) is 9.97 Å². The minimum absolute atomic E-state index is 0.713. The minimum atomic E-state index is 0.713. The highest BCUT2D eigenvalue weighted by Crippen LogP contribution is 2.10. The Bertz CT molecular complexity index is 357. The number of aromatic nitrogens is 2. The van der Waals surface area contributed by atoms with Crippen molar-refractivity contribution in [3.8, 4) is 0 Å². The van der Waals surface area contributed by atoms with Gasteiger partial charge in [-0.3, -0.25) is 0 Å². The highest BCUT2D eigenvalue weighted by atomic mass is 32.2. The molecule has 19 heavy (non-hydrogen) atoms. The highest BCUT2D eigenvalue weighted by Gasteiger charge is 2.00. The summed E-state index contributed by atoms with van der Waals surface area (Å²) in [7, 11) is 0. The molecule has 0 aromatic carbocycles. The molecule has 0 atom stereocenters. The summed E-state index contributed by atoms with van der Waals surface area (Å²) in [6.45, 7) is 5.88. The van der Waals surface area contributed by atoms with Gasteiger partial charge in [-0.2, -0.15) is 16.7 Å². The van der Waals surface area contributed by atoms with Crippen LogP contribution in [0.15, 0.2) is 6.07 Å². The van der Waals surface area contributed by atoms with Gasteiger partial charge in [-0.25, -0.2) is 4.98 Å². The lowest BCUT2D eigenvalue weighted by Crippen LogP contribution is -2.08. The number of anilines is 2. The fraction of sp³-hybridized carbons (Fsp3) is 0.714. The topological polar surface area (TPSA) is 49.8 Å². The van der Waals surface area contributed by atoms with Gasteiger partial charge in [-0.15, -0.1) is 0 Å². The summed E-state index contributed by atoms with van der Waals surface area (Å²) in [5.74, 6) is 2.92. The van der Waals surface area contributed by atoms with Gasteiger partial charge in [-0.05, 0) is 38.7 Å². The van der Waals surface area contributed by atoms with Crippen LogP contribution >= 0.6 is 11.8 Å². The monoisotopic (exact) mass is 282 g/mol. The SMILES string of the molecule is CCNc1nc(C)cc(NCCCCCCSC)n1. The molecule has 0 amide bonds. The molecule has 4 nitrogen and oxygen atoms in total.